The third-order valence-corrected chi connectivity index (χ3v) is 3.36. The molecule has 0 spiro atoms. The van der Waals surface area contributed by atoms with Crippen molar-refractivity contribution >= 4 is 0 Å². The van der Waals surface area contributed by atoms with Crippen molar-refractivity contribution in [2.24, 2.45) is 0 Å². The summed E-state index contributed by atoms with van der Waals surface area (Å²) in [5, 5.41) is 9.80. The molecule has 1 aliphatic heterocycles. The number of hydrogen-bond donors (Lipinski definition) is 1. The molecule has 1 fully saturated rings. The Bertz CT molecular complexity index is 168. The molecule has 0 aromatic heterocycles. The Balaban J connectivity index is 1.93. The van der Waals surface area contributed by atoms with Crippen LogP contribution in [0.5, 0.6) is 0 Å². The monoisotopic (exact) mass is 213 g/mol. The van der Waals surface area contributed by atoms with Gasteiger partial charge in [0, 0.05) is 13.1 Å². The summed E-state index contributed by atoms with van der Waals surface area (Å²) in [5.41, 5.74) is -0.414. The zero-order valence-electron chi connectivity index (χ0n) is 10.5. The Hall–Kier alpha value is -0.0800. The zero-order valence-corrected chi connectivity index (χ0v) is 10.5. The Labute approximate surface area is 94.7 Å². The first kappa shape index (κ1) is 13.0. The molecule has 1 N–H and O–H groups in total. The molecule has 0 bridgehead atoms. The lowest BCUT2D eigenvalue weighted by molar-refractivity contribution is 0.0686. The summed E-state index contributed by atoms with van der Waals surface area (Å²) >= 11 is 0. The zero-order chi connectivity index (χ0) is 11.1. The quantitative estimate of drug-likeness (QED) is 0.657. The second kappa shape index (κ2) is 6.49. The Kier molecular flexibility index (Phi) is 5.62. The number of hydrogen-bond acceptors (Lipinski definition) is 2. The minimum Gasteiger partial charge on any atom is -0.389 e. The second-order valence-electron chi connectivity index (χ2n) is 5.29. The molecule has 0 aromatic carbocycles. The van der Waals surface area contributed by atoms with E-state index in [-0.39, 0.29) is 0 Å². The van der Waals surface area contributed by atoms with Crippen molar-refractivity contribution in [2.45, 2.75) is 64.4 Å². The summed E-state index contributed by atoms with van der Waals surface area (Å²) in [4.78, 5) is 2.40. The molecule has 90 valence electrons. The molecule has 1 atom stereocenters. The Morgan fingerprint density at radius 3 is 2.40 bits per heavy atom. The highest BCUT2D eigenvalue weighted by Crippen LogP contribution is 2.20. The fraction of sp³-hybridized carbons (Fsp3) is 1.00. The van der Waals surface area contributed by atoms with Crippen LogP contribution < -0.4 is 0 Å². The van der Waals surface area contributed by atoms with Crippen molar-refractivity contribution in [2.75, 3.05) is 19.6 Å². The summed E-state index contributed by atoms with van der Waals surface area (Å²) in [6.45, 7) is 7.35. The lowest BCUT2D eigenvalue weighted by Crippen LogP contribution is -2.30. The van der Waals surface area contributed by atoms with Crippen LogP contribution in [0.1, 0.15) is 58.8 Å². The van der Waals surface area contributed by atoms with Gasteiger partial charge in [-0.3, -0.25) is 0 Å². The molecule has 0 radical (unpaired) electrons. The van der Waals surface area contributed by atoms with Crippen LogP contribution in [0.2, 0.25) is 0 Å². The third-order valence-electron chi connectivity index (χ3n) is 3.36. The average Bonchev–Trinajstić information content (AvgIpc) is 2.52. The van der Waals surface area contributed by atoms with Gasteiger partial charge in [0.15, 0.2) is 0 Å². The first-order chi connectivity index (χ1) is 7.14. The highest BCUT2D eigenvalue weighted by molar-refractivity contribution is 4.85. The van der Waals surface area contributed by atoms with Gasteiger partial charge in [-0.25, -0.2) is 0 Å². The summed E-state index contributed by atoms with van der Waals surface area (Å²) in [6.07, 6.45) is 9.11. The standard InChI is InChI=1S/C13H27NO/c1-3-4-5-6-7-8-10-14-11-9-13(2,15)12-14/h15H,3-12H2,1-2H3/t13-/m1/s1. The van der Waals surface area contributed by atoms with E-state index in [2.05, 4.69) is 11.8 Å². The van der Waals surface area contributed by atoms with E-state index in [1.54, 1.807) is 0 Å². The van der Waals surface area contributed by atoms with Gasteiger partial charge in [0.05, 0.1) is 5.60 Å². The normalized spacial score (nSPS) is 27.4. The van der Waals surface area contributed by atoms with Crippen LogP contribution in [0, 0.1) is 0 Å². The van der Waals surface area contributed by atoms with Crippen LogP contribution in [-0.2, 0) is 0 Å². The van der Waals surface area contributed by atoms with E-state index in [1.807, 2.05) is 6.92 Å². The summed E-state index contributed by atoms with van der Waals surface area (Å²) in [7, 11) is 0. The van der Waals surface area contributed by atoms with E-state index in [4.69, 9.17) is 0 Å². The largest absolute Gasteiger partial charge is 0.389 e. The van der Waals surface area contributed by atoms with Crippen LogP contribution in [0.3, 0.4) is 0 Å². The van der Waals surface area contributed by atoms with Gasteiger partial charge in [0.1, 0.15) is 0 Å². The summed E-state index contributed by atoms with van der Waals surface area (Å²) in [6, 6.07) is 0. The van der Waals surface area contributed by atoms with E-state index in [1.165, 1.54) is 45.1 Å². The predicted octanol–water partition coefficient (Wildman–Crippen LogP) is 2.80. The van der Waals surface area contributed by atoms with Gasteiger partial charge in [0.2, 0.25) is 0 Å². The van der Waals surface area contributed by atoms with Crippen LogP contribution in [0.15, 0.2) is 0 Å². The van der Waals surface area contributed by atoms with Crippen molar-refractivity contribution in [3.05, 3.63) is 0 Å². The molecule has 0 aliphatic carbocycles. The molecule has 15 heavy (non-hydrogen) atoms. The molecule has 0 saturated carbocycles. The highest BCUT2D eigenvalue weighted by Gasteiger charge is 2.30. The lowest BCUT2D eigenvalue weighted by atomic mass is 10.1. The van der Waals surface area contributed by atoms with Gasteiger partial charge in [-0.1, -0.05) is 39.0 Å². The lowest BCUT2D eigenvalue weighted by Gasteiger charge is -2.18. The maximum Gasteiger partial charge on any atom is 0.0758 e. The maximum absolute atomic E-state index is 9.80. The molecule has 1 heterocycles. The summed E-state index contributed by atoms with van der Waals surface area (Å²) < 4.78 is 0. The third kappa shape index (κ3) is 5.53. The average molecular weight is 213 g/mol. The second-order valence-corrected chi connectivity index (χ2v) is 5.29. The van der Waals surface area contributed by atoms with Gasteiger partial charge < -0.3 is 10.0 Å². The number of likely N-dealkylation sites (tertiary alicyclic amines) is 1. The van der Waals surface area contributed by atoms with Crippen LogP contribution in [-0.4, -0.2) is 35.2 Å². The molecule has 0 unspecified atom stereocenters. The van der Waals surface area contributed by atoms with Gasteiger partial charge in [-0.15, -0.1) is 0 Å². The molecule has 2 nitrogen and oxygen atoms in total. The van der Waals surface area contributed by atoms with Gasteiger partial charge >= 0.3 is 0 Å². The topological polar surface area (TPSA) is 23.5 Å². The molecule has 0 amide bonds. The summed E-state index contributed by atoms with van der Waals surface area (Å²) in [5.74, 6) is 0. The molecule has 1 saturated heterocycles. The van der Waals surface area contributed by atoms with E-state index in [0.717, 1.165) is 19.5 Å². The Morgan fingerprint density at radius 2 is 1.80 bits per heavy atom. The van der Waals surface area contributed by atoms with Crippen molar-refractivity contribution < 1.29 is 5.11 Å². The van der Waals surface area contributed by atoms with Crippen LogP contribution >= 0.6 is 0 Å². The SMILES string of the molecule is CCCCCCCCN1CC[C@@](C)(O)C1. The van der Waals surface area contributed by atoms with E-state index in [9.17, 15) is 5.11 Å². The van der Waals surface area contributed by atoms with Gasteiger partial charge in [-0.2, -0.15) is 0 Å². The first-order valence-electron chi connectivity index (χ1n) is 6.59. The molecule has 1 rings (SSSR count). The molecular formula is C13H27NO. The predicted molar refractivity (Wildman–Crippen MR) is 65.1 cm³/mol. The highest BCUT2D eigenvalue weighted by atomic mass is 16.3. The van der Waals surface area contributed by atoms with Crippen molar-refractivity contribution in [3.8, 4) is 0 Å². The van der Waals surface area contributed by atoms with E-state index < -0.39 is 5.60 Å². The number of β-amino-alcohol motifs (C(OH)–C–C–N with tert-alkyl or cyclic N) is 1. The number of unbranched alkanes of at least 4 members (excludes halogenated alkanes) is 5. The van der Waals surface area contributed by atoms with E-state index >= 15 is 0 Å². The smallest absolute Gasteiger partial charge is 0.0758 e. The van der Waals surface area contributed by atoms with Crippen molar-refractivity contribution in [3.63, 3.8) is 0 Å². The van der Waals surface area contributed by atoms with Crippen LogP contribution in [0.4, 0.5) is 0 Å². The molecule has 0 aromatic rings. The molecule has 2 heteroatoms. The molecule has 1 aliphatic rings. The fourth-order valence-electron chi connectivity index (χ4n) is 2.35. The maximum atomic E-state index is 9.80. The number of nitrogens with zero attached hydrogens (tertiary/aromatic N) is 1. The fourth-order valence-corrected chi connectivity index (χ4v) is 2.35. The Morgan fingerprint density at radius 1 is 1.13 bits per heavy atom. The van der Waals surface area contributed by atoms with Gasteiger partial charge in [-0.05, 0) is 26.3 Å². The minimum absolute atomic E-state index is 0.414. The number of rotatable bonds is 7. The minimum atomic E-state index is -0.414. The van der Waals surface area contributed by atoms with E-state index in [0.29, 0.717) is 0 Å². The number of aliphatic hydroxyl groups is 1. The van der Waals surface area contributed by atoms with Crippen molar-refractivity contribution in [1.82, 2.24) is 4.90 Å². The van der Waals surface area contributed by atoms with Gasteiger partial charge in [0.25, 0.3) is 0 Å². The van der Waals surface area contributed by atoms with Crippen LogP contribution in [0.25, 0.3) is 0 Å². The first-order valence-corrected chi connectivity index (χ1v) is 6.59. The molecular weight excluding hydrogens is 186 g/mol. The van der Waals surface area contributed by atoms with Crippen molar-refractivity contribution in [1.29, 1.82) is 0 Å².